The predicted octanol–water partition coefficient (Wildman–Crippen LogP) is 4.86. The first-order valence-corrected chi connectivity index (χ1v) is 8.91. The first-order valence-electron chi connectivity index (χ1n) is 8.91. The van der Waals surface area contributed by atoms with Gasteiger partial charge in [0.1, 0.15) is 0 Å². The van der Waals surface area contributed by atoms with E-state index in [0.717, 1.165) is 12.1 Å². The van der Waals surface area contributed by atoms with Crippen LogP contribution in [0.1, 0.15) is 11.1 Å². The van der Waals surface area contributed by atoms with Gasteiger partial charge in [-0.2, -0.15) is 0 Å². The van der Waals surface area contributed by atoms with Gasteiger partial charge in [0.05, 0.1) is 0 Å². The van der Waals surface area contributed by atoms with Crippen molar-refractivity contribution in [3.05, 3.63) is 102 Å². The van der Waals surface area contributed by atoms with Gasteiger partial charge in [0, 0.05) is 29.2 Å². The number of hydrogen-bond acceptors (Lipinski definition) is 1. The molecule has 0 saturated heterocycles. The molecular formula is C24H20N2O. The van der Waals surface area contributed by atoms with Gasteiger partial charge in [-0.25, -0.2) is 0 Å². The zero-order chi connectivity index (χ0) is 18.6. The van der Waals surface area contributed by atoms with E-state index in [4.69, 9.17) is 5.73 Å². The number of primary amides is 1. The second kappa shape index (κ2) is 7.34. The van der Waals surface area contributed by atoms with Crippen molar-refractivity contribution in [1.29, 1.82) is 0 Å². The summed E-state index contributed by atoms with van der Waals surface area (Å²) < 4.78 is 2.35. The summed E-state index contributed by atoms with van der Waals surface area (Å²) in [6.45, 7) is 0.775. The number of carbonyl (C=O) groups excluding carboxylic acids is 1. The Hall–Kier alpha value is -3.59. The summed E-state index contributed by atoms with van der Waals surface area (Å²) >= 11 is 0. The first-order chi connectivity index (χ1) is 13.2. The number of benzene rings is 3. The molecule has 1 amide bonds. The lowest BCUT2D eigenvalue weighted by Crippen LogP contribution is -2.05. The van der Waals surface area contributed by atoms with Crippen molar-refractivity contribution in [1.82, 2.24) is 4.57 Å². The van der Waals surface area contributed by atoms with Gasteiger partial charge >= 0.3 is 0 Å². The number of aromatic nitrogens is 1. The number of amides is 1. The molecule has 1 heterocycles. The zero-order valence-corrected chi connectivity index (χ0v) is 14.9. The van der Waals surface area contributed by atoms with Crippen molar-refractivity contribution in [2.45, 2.75) is 6.54 Å². The Bertz CT molecular complexity index is 1110. The molecule has 0 aliphatic carbocycles. The van der Waals surface area contributed by atoms with Crippen LogP contribution >= 0.6 is 0 Å². The van der Waals surface area contributed by atoms with Crippen LogP contribution in [0, 0.1) is 0 Å². The van der Waals surface area contributed by atoms with Crippen LogP contribution in [-0.2, 0) is 11.3 Å². The highest BCUT2D eigenvalue weighted by Gasteiger charge is 2.10. The monoisotopic (exact) mass is 352 g/mol. The van der Waals surface area contributed by atoms with Gasteiger partial charge in [0.25, 0.3) is 0 Å². The molecule has 4 rings (SSSR count). The molecule has 0 unspecified atom stereocenters. The lowest BCUT2D eigenvalue weighted by Gasteiger charge is -2.12. The minimum absolute atomic E-state index is 0.439. The number of nitrogens with two attached hydrogens (primary N) is 1. The minimum Gasteiger partial charge on any atom is -0.366 e. The van der Waals surface area contributed by atoms with E-state index >= 15 is 0 Å². The maximum atomic E-state index is 10.9. The fourth-order valence-corrected chi connectivity index (χ4v) is 3.32. The Kier molecular flexibility index (Phi) is 4.58. The molecule has 3 nitrogen and oxygen atoms in total. The third kappa shape index (κ3) is 3.67. The maximum Gasteiger partial charge on any atom is 0.241 e. The number of hydrogen-bond donors (Lipinski definition) is 1. The summed E-state index contributed by atoms with van der Waals surface area (Å²) in [6.07, 6.45) is 3.11. The highest BCUT2D eigenvalue weighted by atomic mass is 16.1. The first kappa shape index (κ1) is 16.9. The van der Waals surface area contributed by atoms with E-state index in [9.17, 15) is 4.79 Å². The van der Waals surface area contributed by atoms with Crippen molar-refractivity contribution in [2.24, 2.45) is 5.73 Å². The molecule has 3 aromatic carbocycles. The summed E-state index contributed by atoms with van der Waals surface area (Å²) in [5.74, 6) is -0.439. The lowest BCUT2D eigenvalue weighted by atomic mass is 10.1. The van der Waals surface area contributed by atoms with Crippen LogP contribution in [0.15, 0.2) is 91.0 Å². The number of fused-ring (bicyclic) bond motifs is 1. The fourth-order valence-electron chi connectivity index (χ4n) is 3.32. The molecular weight excluding hydrogens is 332 g/mol. The third-order valence-corrected chi connectivity index (χ3v) is 4.64. The Morgan fingerprint density at radius 1 is 0.889 bits per heavy atom. The number of rotatable bonds is 5. The molecule has 0 radical (unpaired) electrons. The second-order valence-electron chi connectivity index (χ2n) is 6.52. The van der Waals surface area contributed by atoms with Crippen LogP contribution in [-0.4, -0.2) is 10.5 Å². The highest BCUT2D eigenvalue weighted by Crippen LogP contribution is 2.29. The van der Waals surface area contributed by atoms with Crippen molar-refractivity contribution < 1.29 is 4.79 Å². The Morgan fingerprint density at radius 3 is 2.33 bits per heavy atom. The van der Waals surface area contributed by atoms with Crippen molar-refractivity contribution >= 4 is 22.9 Å². The van der Waals surface area contributed by atoms with Crippen molar-refractivity contribution in [3.8, 4) is 11.3 Å². The van der Waals surface area contributed by atoms with Gasteiger partial charge in [-0.05, 0) is 34.9 Å². The van der Waals surface area contributed by atoms with Gasteiger partial charge in [-0.1, -0.05) is 72.8 Å². The standard InChI is InChI=1S/C24H20N2O/c25-24(27)15-14-18-10-12-19(13-11-18)17-26-22-9-5-4-8-21(22)16-23(26)20-6-2-1-3-7-20/h1-16H,17H2,(H2,25,27). The summed E-state index contributed by atoms with van der Waals surface area (Å²) in [7, 11) is 0. The average Bonchev–Trinajstić information content (AvgIpc) is 3.07. The smallest absolute Gasteiger partial charge is 0.241 e. The maximum absolute atomic E-state index is 10.9. The molecule has 27 heavy (non-hydrogen) atoms. The molecule has 0 atom stereocenters. The van der Waals surface area contributed by atoms with Crippen molar-refractivity contribution in [2.75, 3.05) is 0 Å². The van der Waals surface area contributed by atoms with Crippen LogP contribution < -0.4 is 5.73 Å². The van der Waals surface area contributed by atoms with Crippen LogP contribution in [0.4, 0.5) is 0 Å². The van der Waals surface area contributed by atoms with Gasteiger partial charge in [-0.3, -0.25) is 4.79 Å². The highest BCUT2D eigenvalue weighted by molar-refractivity contribution is 5.90. The molecule has 4 aromatic rings. The van der Waals surface area contributed by atoms with E-state index in [1.54, 1.807) is 6.08 Å². The zero-order valence-electron chi connectivity index (χ0n) is 14.9. The van der Waals surface area contributed by atoms with Gasteiger partial charge < -0.3 is 10.3 Å². The topological polar surface area (TPSA) is 48.0 Å². The SMILES string of the molecule is NC(=O)C=Cc1ccc(Cn2c(-c3ccccc3)cc3ccccc32)cc1. The van der Waals surface area contributed by atoms with E-state index < -0.39 is 5.91 Å². The fraction of sp³-hybridized carbons (Fsp3) is 0.0417. The molecule has 0 spiro atoms. The van der Waals surface area contributed by atoms with E-state index in [2.05, 4.69) is 71.3 Å². The summed E-state index contributed by atoms with van der Waals surface area (Å²) in [4.78, 5) is 10.9. The molecule has 0 aliphatic heterocycles. The molecule has 1 aromatic heterocycles. The molecule has 132 valence electrons. The molecule has 0 aliphatic rings. The van der Waals surface area contributed by atoms with Crippen LogP contribution in [0.3, 0.4) is 0 Å². The second-order valence-corrected chi connectivity index (χ2v) is 6.52. The summed E-state index contributed by atoms with van der Waals surface area (Å²) in [6, 6.07) is 29.3. The van der Waals surface area contributed by atoms with E-state index in [1.807, 2.05) is 18.2 Å². The quantitative estimate of drug-likeness (QED) is 0.513. The third-order valence-electron chi connectivity index (χ3n) is 4.64. The van der Waals surface area contributed by atoms with E-state index in [1.165, 1.54) is 33.8 Å². The van der Waals surface area contributed by atoms with Gasteiger partial charge in [0.15, 0.2) is 0 Å². The van der Waals surface area contributed by atoms with Gasteiger partial charge in [0.2, 0.25) is 5.91 Å². The number of para-hydroxylation sites is 1. The molecule has 0 saturated carbocycles. The Morgan fingerprint density at radius 2 is 1.59 bits per heavy atom. The van der Waals surface area contributed by atoms with Crippen molar-refractivity contribution in [3.63, 3.8) is 0 Å². The molecule has 0 bridgehead atoms. The predicted molar refractivity (Wildman–Crippen MR) is 111 cm³/mol. The normalized spacial score (nSPS) is 11.3. The van der Waals surface area contributed by atoms with Gasteiger partial charge in [-0.15, -0.1) is 0 Å². The molecule has 0 fully saturated rings. The van der Waals surface area contributed by atoms with E-state index in [-0.39, 0.29) is 0 Å². The van der Waals surface area contributed by atoms with Crippen LogP contribution in [0.25, 0.3) is 28.2 Å². The number of carbonyl (C=O) groups is 1. The number of nitrogens with zero attached hydrogens (tertiary/aromatic N) is 1. The summed E-state index contributed by atoms with van der Waals surface area (Å²) in [5, 5.41) is 1.23. The van der Waals surface area contributed by atoms with E-state index in [0.29, 0.717) is 0 Å². The minimum atomic E-state index is -0.439. The largest absolute Gasteiger partial charge is 0.366 e. The summed E-state index contributed by atoms with van der Waals surface area (Å²) in [5.41, 5.74) is 10.9. The lowest BCUT2D eigenvalue weighted by molar-refractivity contribution is -0.113. The molecule has 2 N–H and O–H groups in total. The average molecular weight is 352 g/mol. The van der Waals surface area contributed by atoms with Crippen LogP contribution in [0.2, 0.25) is 0 Å². The van der Waals surface area contributed by atoms with Crippen LogP contribution in [0.5, 0.6) is 0 Å². The Balaban J connectivity index is 1.72. The Labute approximate surface area is 158 Å². The molecule has 3 heteroatoms.